The summed E-state index contributed by atoms with van der Waals surface area (Å²) in [5.74, 6) is -0.914. The van der Waals surface area contributed by atoms with E-state index in [-0.39, 0.29) is 12.5 Å². The van der Waals surface area contributed by atoms with Gasteiger partial charge in [-0.3, -0.25) is 4.79 Å². The Balaban J connectivity index is 1.65. The lowest BCUT2D eigenvalue weighted by Crippen LogP contribution is -2.34. The minimum Gasteiger partial charge on any atom is -0.452 e. The minimum atomic E-state index is -0.591. The van der Waals surface area contributed by atoms with Gasteiger partial charge in [0, 0.05) is 29.6 Å². The van der Waals surface area contributed by atoms with Crippen LogP contribution in [0.25, 0.3) is 11.8 Å². The lowest BCUT2D eigenvalue weighted by molar-refractivity contribution is -0.142. The summed E-state index contributed by atoms with van der Waals surface area (Å²) in [4.78, 5) is 26.3. The van der Waals surface area contributed by atoms with Crippen molar-refractivity contribution in [1.29, 1.82) is 0 Å². The number of ether oxygens (including phenoxy) is 1. The number of aryl methyl sites for hydroxylation is 1. The molecule has 0 atom stereocenters. The summed E-state index contributed by atoms with van der Waals surface area (Å²) in [6, 6.07) is 19.0. The maximum absolute atomic E-state index is 12.5. The number of hydrogen-bond acceptors (Lipinski definition) is 4. The van der Waals surface area contributed by atoms with Crippen molar-refractivity contribution >= 4 is 23.6 Å². The molecule has 3 rings (SSSR count). The molecule has 0 unspecified atom stereocenters. The molecule has 0 spiro atoms. The highest BCUT2D eigenvalue weighted by Crippen LogP contribution is 2.19. The van der Waals surface area contributed by atoms with Crippen molar-refractivity contribution in [2.24, 2.45) is 0 Å². The highest BCUT2D eigenvalue weighted by atomic mass is 16.5. The van der Waals surface area contributed by atoms with E-state index in [2.05, 4.69) is 11.7 Å². The Morgan fingerprint density at radius 1 is 1.06 bits per heavy atom. The number of nitrogens with zero attached hydrogens (tertiary/aromatic N) is 3. The van der Waals surface area contributed by atoms with Gasteiger partial charge in [0.05, 0.1) is 11.4 Å². The van der Waals surface area contributed by atoms with Gasteiger partial charge in [0.2, 0.25) is 0 Å². The fraction of sp³-hybridized carbons (Fsp3) is 0.160. The van der Waals surface area contributed by atoms with E-state index >= 15 is 0 Å². The number of benzene rings is 2. The lowest BCUT2D eigenvalue weighted by Gasteiger charge is -2.20. The van der Waals surface area contributed by atoms with Gasteiger partial charge in [-0.2, -0.15) is 5.10 Å². The Morgan fingerprint density at radius 2 is 1.71 bits per heavy atom. The van der Waals surface area contributed by atoms with Crippen LogP contribution in [0.3, 0.4) is 0 Å². The summed E-state index contributed by atoms with van der Waals surface area (Å²) in [5.41, 5.74) is 4.20. The standard InChI is InChI=1S/C25H25N3O3/c1-4-17-27(21-11-7-5-8-12-21)24(29)18-31-25(30)16-15-23-19(2)26-28(20(23)3)22-13-9-6-10-14-22/h4-16H,1,17-18H2,2-3H3/b16-15+. The minimum absolute atomic E-state index is 0.322. The predicted molar refractivity (Wildman–Crippen MR) is 122 cm³/mol. The van der Waals surface area contributed by atoms with Crippen LogP contribution in [-0.4, -0.2) is 34.8 Å². The lowest BCUT2D eigenvalue weighted by atomic mass is 10.2. The van der Waals surface area contributed by atoms with Crippen molar-refractivity contribution in [1.82, 2.24) is 9.78 Å². The van der Waals surface area contributed by atoms with Crippen LogP contribution in [0, 0.1) is 13.8 Å². The van der Waals surface area contributed by atoms with Crippen molar-refractivity contribution < 1.29 is 14.3 Å². The van der Waals surface area contributed by atoms with Crippen molar-refractivity contribution in [2.45, 2.75) is 13.8 Å². The molecule has 1 aromatic heterocycles. The molecular weight excluding hydrogens is 390 g/mol. The molecule has 6 nitrogen and oxygen atoms in total. The van der Waals surface area contributed by atoms with Crippen LogP contribution in [0.2, 0.25) is 0 Å². The Labute approximate surface area is 182 Å². The second-order valence-electron chi connectivity index (χ2n) is 6.90. The number of esters is 1. The zero-order valence-electron chi connectivity index (χ0n) is 17.7. The molecule has 158 valence electrons. The smallest absolute Gasteiger partial charge is 0.331 e. The molecule has 0 aliphatic heterocycles. The Bertz CT molecular complexity index is 1090. The molecule has 0 aliphatic carbocycles. The third-order valence-corrected chi connectivity index (χ3v) is 4.75. The Kier molecular flexibility index (Phi) is 7.17. The monoisotopic (exact) mass is 415 g/mol. The molecule has 6 heteroatoms. The van der Waals surface area contributed by atoms with E-state index < -0.39 is 5.97 Å². The first-order valence-corrected chi connectivity index (χ1v) is 9.94. The molecule has 31 heavy (non-hydrogen) atoms. The average molecular weight is 415 g/mol. The molecule has 0 radical (unpaired) electrons. The topological polar surface area (TPSA) is 64.4 Å². The van der Waals surface area contributed by atoms with Crippen LogP contribution in [0.1, 0.15) is 17.0 Å². The first kappa shape index (κ1) is 21.8. The molecule has 0 aliphatic rings. The van der Waals surface area contributed by atoms with E-state index in [0.717, 1.165) is 28.3 Å². The van der Waals surface area contributed by atoms with Crippen LogP contribution >= 0.6 is 0 Å². The number of aromatic nitrogens is 2. The zero-order valence-corrected chi connectivity index (χ0v) is 17.7. The highest BCUT2D eigenvalue weighted by molar-refractivity contribution is 5.96. The Morgan fingerprint density at radius 3 is 2.35 bits per heavy atom. The van der Waals surface area contributed by atoms with Crippen LogP contribution in [-0.2, 0) is 14.3 Å². The first-order valence-electron chi connectivity index (χ1n) is 9.94. The van der Waals surface area contributed by atoms with E-state index in [0.29, 0.717) is 6.54 Å². The van der Waals surface area contributed by atoms with Gasteiger partial charge in [0.15, 0.2) is 6.61 Å². The number of carbonyl (C=O) groups excluding carboxylic acids is 2. The molecule has 0 saturated carbocycles. The number of para-hydroxylation sites is 2. The van der Waals surface area contributed by atoms with Crippen molar-refractivity contribution in [3.05, 3.63) is 96.3 Å². The summed E-state index contributed by atoms with van der Waals surface area (Å²) in [7, 11) is 0. The van der Waals surface area contributed by atoms with Crippen molar-refractivity contribution in [3.8, 4) is 5.69 Å². The number of carbonyl (C=O) groups is 2. The molecule has 0 N–H and O–H groups in total. The third-order valence-electron chi connectivity index (χ3n) is 4.75. The third kappa shape index (κ3) is 5.36. The van der Waals surface area contributed by atoms with Crippen LogP contribution in [0.15, 0.2) is 79.4 Å². The van der Waals surface area contributed by atoms with Gasteiger partial charge in [0.25, 0.3) is 5.91 Å². The van der Waals surface area contributed by atoms with Crippen molar-refractivity contribution in [2.75, 3.05) is 18.1 Å². The van der Waals surface area contributed by atoms with Gasteiger partial charge in [-0.05, 0) is 44.2 Å². The van der Waals surface area contributed by atoms with Gasteiger partial charge < -0.3 is 9.64 Å². The summed E-state index contributed by atoms with van der Waals surface area (Å²) >= 11 is 0. The fourth-order valence-corrected chi connectivity index (χ4v) is 3.22. The number of anilines is 1. The fourth-order valence-electron chi connectivity index (χ4n) is 3.22. The molecular formula is C25H25N3O3. The van der Waals surface area contributed by atoms with Gasteiger partial charge in [-0.15, -0.1) is 6.58 Å². The maximum atomic E-state index is 12.5. The van der Waals surface area contributed by atoms with E-state index in [1.807, 2.05) is 79.2 Å². The first-order chi connectivity index (χ1) is 15.0. The van der Waals surface area contributed by atoms with Gasteiger partial charge in [-0.25, -0.2) is 9.48 Å². The molecule has 0 fully saturated rings. The normalized spacial score (nSPS) is 10.8. The summed E-state index contributed by atoms with van der Waals surface area (Å²) in [5, 5.41) is 4.55. The molecule has 3 aromatic rings. The molecule has 0 saturated heterocycles. The van der Waals surface area contributed by atoms with E-state index in [1.165, 1.54) is 11.0 Å². The van der Waals surface area contributed by atoms with Gasteiger partial charge in [0.1, 0.15) is 0 Å². The van der Waals surface area contributed by atoms with Crippen molar-refractivity contribution in [3.63, 3.8) is 0 Å². The SMILES string of the molecule is C=CCN(C(=O)COC(=O)/C=C/c1c(C)nn(-c2ccccc2)c1C)c1ccccc1. The largest absolute Gasteiger partial charge is 0.452 e. The maximum Gasteiger partial charge on any atom is 0.331 e. The second kappa shape index (κ2) is 10.2. The molecule has 1 amide bonds. The van der Waals surface area contributed by atoms with E-state index in [1.54, 1.807) is 12.2 Å². The highest BCUT2D eigenvalue weighted by Gasteiger charge is 2.16. The van der Waals surface area contributed by atoms with E-state index in [9.17, 15) is 9.59 Å². The summed E-state index contributed by atoms with van der Waals surface area (Å²) in [6.07, 6.45) is 4.62. The summed E-state index contributed by atoms with van der Waals surface area (Å²) < 4.78 is 7.00. The predicted octanol–water partition coefficient (Wildman–Crippen LogP) is 4.26. The summed E-state index contributed by atoms with van der Waals surface area (Å²) in [6.45, 7) is 7.48. The van der Waals surface area contributed by atoms with Crippen LogP contribution in [0.5, 0.6) is 0 Å². The number of hydrogen-bond donors (Lipinski definition) is 0. The zero-order chi connectivity index (χ0) is 22.2. The number of rotatable bonds is 8. The number of amides is 1. The molecule has 0 bridgehead atoms. The second-order valence-corrected chi connectivity index (χ2v) is 6.90. The van der Waals surface area contributed by atoms with Crippen LogP contribution < -0.4 is 4.90 Å². The Hall–Kier alpha value is -3.93. The molecule has 1 heterocycles. The van der Waals surface area contributed by atoms with Gasteiger partial charge >= 0.3 is 5.97 Å². The van der Waals surface area contributed by atoms with E-state index in [4.69, 9.17) is 4.74 Å². The molecule has 2 aromatic carbocycles. The average Bonchev–Trinajstić information content (AvgIpc) is 3.08. The quantitative estimate of drug-likeness (QED) is 0.313. The van der Waals surface area contributed by atoms with Crippen LogP contribution in [0.4, 0.5) is 5.69 Å². The van der Waals surface area contributed by atoms with Gasteiger partial charge in [-0.1, -0.05) is 42.5 Å².